The van der Waals surface area contributed by atoms with E-state index in [0.29, 0.717) is 16.8 Å². The van der Waals surface area contributed by atoms with Gasteiger partial charge in [0.25, 0.3) is 10.9 Å². The molecule has 0 saturated heterocycles. The minimum atomic E-state index is -4.47. The van der Waals surface area contributed by atoms with E-state index in [0.717, 1.165) is 44.8 Å². The molecule has 0 aliphatic heterocycles. The third-order valence-corrected chi connectivity index (χ3v) is 6.57. The van der Waals surface area contributed by atoms with E-state index < -0.39 is 57.4 Å². The molecule has 0 aliphatic rings. The first-order valence-electron chi connectivity index (χ1n) is 13.1. The smallest absolute Gasteiger partial charge is 0.416 e. The quantitative estimate of drug-likeness (QED) is 0.181. The van der Waals surface area contributed by atoms with Crippen LogP contribution in [0.25, 0.3) is 33.4 Å². The zero-order valence-corrected chi connectivity index (χ0v) is 23.4. The second-order valence-electron chi connectivity index (χ2n) is 9.62. The number of para-hydroxylation sites is 1. The van der Waals surface area contributed by atoms with Gasteiger partial charge in [-0.05, 0) is 42.0 Å². The van der Waals surface area contributed by atoms with Gasteiger partial charge in [0.15, 0.2) is 11.5 Å². The number of hydrogen-bond acceptors (Lipinski definition) is 9. The molecule has 47 heavy (non-hydrogen) atoms. The summed E-state index contributed by atoms with van der Waals surface area (Å²) in [6, 6.07) is 15.8. The Hall–Kier alpha value is -6.78. The molecule has 0 spiro atoms. The average Bonchev–Trinajstić information content (AvgIpc) is 3.51. The molecule has 5 N–H and O–H groups in total. The molecule has 14 nitrogen and oxygen atoms in total. The van der Waals surface area contributed by atoms with Gasteiger partial charge in [-0.25, -0.2) is 19.0 Å². The Morgan fingerprint density at radius 1 is 0.766 bits per heavy atom. The van der Waals surface area contributed by atoms with Gasteiger partial charge >= 0.3 is 18.1 Å². The maximum absolute atomic E-state index is 12.7. The van der Waals surface area contributed by atoms with Gasteiger partial charge in [0.2, 0.25) is 11.4 Å². The maximum Gasteiger partial charge on any atom is 0.416 e. The normalized spacial score (nSPS) is 11.1. The summed E-state index contributed by atoms with van der Waals surface area (Å²) in [7, 11) is 0. The highest BCUT2D eigenvalue weighted by Crippen LogP contribution is 2.32. The van der Waals surface area contributed by atoms with Crippen LogP contribution < -0.4 is 10.9 Å². The van der Waals surface area contributed by atoms with Crippen LogP contribution in [0.3, 0.4) is 0 Å². The SMILES string of the molecule is O=C(O)c1nn(-c2ccc3cn[nH]c3c2)cc(O)c1=O.O=C(O)c1nn(-c2ccccc2-c2ccc(C(F)(F)F)cc2)cc(O)c1=O. The predicted molar refractivity (Wildman–Crippen MR) is 157 cm³/mol. The fourth-order valence-corrected chi connectivity index (χ4v) is 4.31. The van der Waals surface area contributed by atoms with E-state index in [9.17, 15) is 42.6 Å². The third-order valence-electron chi connectivity index (χ3n) is 6.57. The molecule has 0 aliphatic carbocycles. The fourth-order valence-electron chi connectivity index (χ4n) is 4.31. The Morgan fingerprint density at radius 2 is 1.34 bits per heavy atom. The van der Waals surface area contributed by atoms with Crippen LogP contribution >= 0.6 is 0 Å². The van der Waals surface area contributed by atoms with E-state index in [2.05, 4.69) is 20.4 Å². The first-order valence-corrected chi connectivity index (χ1v) is 13.1. The minimum absolute atomic E-state index is 0.273. The molecule has 0 bridgehead atoms. The monoisotopic (exact) mass is 648 g/mol. The topological polar surface area (TPSA) is 214 Å². The van der Waals surface area contributed by atoms with Crippen LogP contribution in [-0.2, 0) is 6.18 Å². The number of hydrogen-bond donors (Lipinski definition) is 5. The molecule has 3 heterocycles. The van der Waals surface area contributed by atoms with Gasteiger partial charge in [0.05, 0.1) is 41.0 Å². The van der Waals surface area contributed by atoms with Crippen molar-refractivity contribution in [3.05, 3.63) is 123 Å². The number of carbonyl (C=O) groups is 2. The number of carboxylic acids is 2. The van der Waals surface area contributed by atoms with E-state index in [4.69, 9.17) is 10.2 Å². The van der Waals surface area contributed by atoms with Crippen molar-refractivity contribution in [1.29, 1.82) is 0 Å². The van der Waals surface area contributed by atoms with Crippen molar-refractivity contribution < 1.29 is 43.2 Å². The number of halogens is 3. The Kier molecular flexibility index (Phi) is 8.29. The number of aromatic nitrogens is 6. The van der Waals surface area contributed by atoms with Crippen molar-refractivity contribution in [3.63, 3.8) is 0 Å². The lowest BCUT2D eigenvalue weighted by Crippen LogP contribution is -2.21. The number of nitrogens with one attached hydrogen (secondary N) is 1. The van der Waals surface area contributed by atoms with E-state index in [-0.39, 0.29) is 5.69 Å². The molecule has 3 aromatic carbocycles. The Labute approximate surface area is 258 Å². The molecule has 6 aromatic rings. The summed E-state index contributed by atoms with van der Waals surface area (Å²) >= 11 is 0. The summed E-state index contributed by atoms with van der Waals surface area (Å²) in [4.78, 5) is 45.2. The second-order valence-corrected chi connectivity index (χ2v) is 9.62. The standard InChI is InChI=1S/C18H11F3N2O4.C12H8N4O4/c19-18(20,21)11-7-5-10(6-8-11)12-3-1-2-4-13(12)23-9-14(24)16(25)15(22-23)17(26)27;17-9-5-16(15-10(11(9)18)12(19)20)7-2-1-6-4-13-14-8(6)3-7/h1-9,24H,(H,26,27);1-5,17H,(H,13,14)(H,19,20). The molecular formula is C30H19F3N6O8. The second kappa shape index (κ2) is 12.3. The number of carboxylic acid groups (broad SMARTS) is 2. The first-order chi connectivity index (χ1) is 22.2. The van der Waals surface area contributed by atoms with Crippen LogP contribution in [0.2, 0.25) is 0 Å². The molecule has 0 radical (unpaired) electrons. The van der Waals surface area contributed by atoms with Crippen LogP contribution in [0.15, 0.2) is 94.9 Å². The molecule has 238 valence electrons. The van der Waals surface area contributed by atoms with Gasteiger partial charge in [-0.15, -0.1) is 0 Å². The molecule has 0 saturated carbocycles. The number of nitrogens with zero attached hydrogens (tertiary/aromatic N) is 5. The van der Waals surface area contributed by atoms with Gasteiger partial charge in [0, 0.05) is 10.9 Å². The van der Waals surface area contributed by atoms with Gasteiger partial charge in [-0.1, -0.05) is 30.3 Å². The Balaban J connectivity index is 0.000000193. The lowest BCUT2D eigenvalue weighted by atomic mass is 10.0. The number of rotatable bonds is 5. The van der Waals surface area contributed by atoms with Gasteiger partial charge in [-0.3, -0.25) is 14.7 Å². The van der Waals surface area contributed by atoms with E-state index >= 15 is 0 Å². The highest BCUT2D eigenvalue weighted by atomic mass is 19.4. The van der Waals surface area contributed by atoms with Crippen LogP contribution in [-0.4, -0.2) is 62.1 Å². The zero-order chi connectivity index (χ0) is 34.0. The molecule has 0 amide bonds. The number of fused-ring (bicyclic) bond motifs is 1. The van der Waals surface area contributed by atoms with Gasteiger partial charge in [0.1, 0.15) is 0 Å². The Bertz CT molecular complexity index is 2280. The molecule has 17 heteroatoms. The molecule has 6 rings (SSSR count). The lowest BCUT2D eigenvalue weighted by molar-refractivity contribution is -0.137. The average molecular weight is 649 g/mol. The summed E-state index contributed by atoms with van der Waals surface area (Å²) in [6.45, 7) is 0. The molecule has 0 unspecified atom stereocenters. The van der Waals surface area contributed by atoms with Crippen LogP contribution in [0.4, 0.5) is 13.2 Å². The van der Waals surface area contributed by atoms with E-state index in [1.165, 1.54) is 18.2 Å². The summed E-state index contributed by atoms with van der Waals surface area (Å²) in [6.07, 6.45) is -0.831. The summed E-state index contributed by atoms with van der Waals surface area (Å²) in [5.41, 5.74) is -2.26. The number of benzene rings is 3. The van der Waals surface area contributed by atoms with E-state index in [1.807, 2.05) is 0 Å². The number of H-pyrrole nitrogens is 1. The summed E-state index contributed by atoms with van der Waals surface area (Å²) in [5, 5.41) is 52.1. The molecular weight excluding hydrogens is 629 g/mol. The number of aromatic amines is 1. The van der Waals surface area contributed by atoms with Gasteiger partial charge < -0.3 is 20.4 Å². The van der Waals surface area contributed by atoms with Gasteiger partial charge in [-0.2, -0.15) is 28.5 Å². The summed E-state index contributed by atoms with van der Waals surface area (Å²) < 4.78 is 40.3. The Morgan fingerprint density at radius 3 is 1.94 bits per heavy atom. The fraction of sp³-hybridized carbons (Fsp3) is 0.0333. The van der Waals surface area contributed by atoms with Crippen LogP contribution in [0, 0.1) is 0 Å². The van der Waals surface area contributed by atoms with Crippen LogP contribution in [0.5, 0.6) is 11.5 Å². The van der Waals surface area contributed by atoms with Crippen molar-refractivity contribution in [2.75, 3.05) is 0 Å². The number of aromatic hydroxyl groups is 2. The highest BCUT2D eigenvalue weighted by molar-refractivity contribution is 5.86. The number of alkyl halides is 3. The summed E-state index contributed by atoms with van der Waals surface area (Å²) in [5.74, 6) is -4.61. The lowest BCUT2D eigenvalue weighted by Gasteiger charge is -2.13. The van der Waals surface area contributed by atoms with Crippen LogP contribution in [0.1, 0.15) is 26.5 Å². The molecule has 0 atom stereocenters. The van der Waals surface area contributed by atoms with Crippen molar-refractivity contribution >= 4 is 22.8 Å². The van der Waals surface area contributed by atoms with Crippen molar-refractivity contribution in [3.8, 4) is 34.0 Å². The predicted octanol–water partition coefficient (Wildman–Crippen LogP) is 3.83. The van der Waals surface area contributed by atoms with Crippen molar-refractivity contribution in [2.24, 2.45) is 0 Å². The first kappa shape index (κ1) is 31.6. The van der Waals surface area contributed by atoms with E-state index in [1.54, 1.807) is 42.6 Å². The maximum atomic E-state index is 12.7. The van der Waals surface area contributed by atoms with Crippen molar-refractivity contribution in [2.45, 2.75) is 6.18 Å². The molecule has 0 fully saturated rings. The van der Waals surface area contributed by atoms with Crippen molar-refractivity contribution in [1.82, 2.24) is 29.8 Å². The molecule has 3 aromatic heterocycles. The number of aromatic carboxylic acids is 2. The minimum Gasteiger partial charge on any atom is -0.503 e. The third kappa shape index (κ3) is 6.53. The highest BCUT2D eigenvalue weighted by Gasteiger charge is 2.30. The largest absolute Gasteiger partial charge is 0.503 e. The zero-order valence-electron chi connectivity index (χ0n) is 23.4.